The van der Waals surface area contributed by atoms with Crippen LogP contribution in [0.4, 0.5) is 5.69 Å². The molecule has 2 N–H and O–H groups in total. The number of rotatable bonds is 10. The number of nitrogens with one attached hydrogen (secondary N) is 2. The minimum absolute atomic E-state index is 0.0773. The number of hydrogen-bond acceptors (Lipinski definition) is 10. The predicted molar refractivity (Wildman–Crippen MR) is 143 cm³/mol. The molecule has 198 valence electrons. The summed E-state index contributed by atoms with van der Waals surface area (Å²) >= 11 is 1.21. The third kappa shape index (κ3) is 6.48. The van der Waals surface area contributed by atoms with E-state index in [1.54, 1.807) is 45.2 Å². The predicted octanol–water partition coefficient (Wildman–Crippen LogP) is 3.93. The van der Waals surface area contributed by atoms with Crippen molar-refractivity contribution in [2.75, 3.05) is 46.1 Å². The van der Waals surface area contributed by atoms with E-state index < -0.39 is 12.0 Å². The van der Waals surface area contributed by atoms with Crippen LogP contribution in [0.1, 0.15) is 25.5 Å². The van der Waals surface area contributed by atoms with E-state index >= 15 is 0 Å². The van der Waals surface area contributed by atoms with Crippen LogP contribution in [0.5, 0.6) is 23.0 Å². The van der Waals surface area contributed by atoms with Gasteiger partial charge < -0.3 is 34.3 Å². The van der Waals surface area contributed by atoms with E-state index in [0.29, 0.717) is 50.7 Å². The Morgan fingerprint density at radius 2 is 1.65 bits per heavy atom. The van der Waals surface area contributed by atoms with Crippen molar-refractivity contribution in [1.82, 2.24) is 5.32 Å². The molecule has 0 saturated heterocycles. The summed E-state index contributed by atoms with van der Waals surface area (Å²) in [5.41, 5.74) is 2.12. The Morgan fingerprint density at radius 1 is 1.00 bits per heavy atom. The zero-order chi connectivity index (χ0) is 26.9. The molecule has 0 bridgehead atoms. The first kappa shape index (κ1) is 27.7. The number of thioether (sulfide) groups is 1. The fourth-order valence-electron chi connectivity index (χ4n) is 3.76. The first-order chi connectivity index (χ1) is 17.9. The number of nitrogens with zero attached hydrogens (tertiary/aromatic N) is 1. The van der Waals surface area contributed by atoms with Gasteiger partial charge in [0.05, 0.1) is 52.1 Å². The van der Waals surface area contributed by atoms with Gasteiger partial charge in [-0.2, -0.15) is 0 Å². The molecule has 1 aliphatic rings. The smallest absolute Gasteiger partial charge is 0.338 e. The monoisotopic (exact) mass is 529 g/mol. The van der Waals surface area contributed by atoms with Crippen molar-refractivity contribution in [2.45, 2.75) is 19.9 Å². The molecule has 3 rings (SSSR count). The minimum Gasteiger partial charge on any atom is -0.495 e. The molecular weight excluding hydrogens is 498 g/mol. The fourth-order valence-corrected chi connectivity index (χ4v) is 4.51. The Morgan fingerprint density at radius 3 is 2.24 bits per heavy atom. The Bertz CT molecular complexity index is 1190. The molecular formula is C26H31N3O7S. The van der Waals surface area contributed by atoms with Gasteiger partial charge in [0.15, 0.2) is 16.7 Å². The van der Waals surface area contributed by atoms with Crippen LogP contribution in [0.15, 0.2) is 52.7 Å². The molecule has 1 aliphatic heterocycles. The average Bonchev–Trinajstić information content (AvgIpc) is 2.90. The quantitative estimate of drug-likeness (QED) is 0.442. The highest BCUT2D eigenvalue weighted by Gasteiger charge is 2.32. The largest absolute Gasteiger partial charge is 0.495 e. The molecule has 10 nitrogen and oxygen atoms in total. The number of hydrogen-bond donors (Lipinski definition) is 2. The van der Waals surface area contributed by atoms with Gasteiger partial charge in [-0.25, -0.2) is 9.79 Å². The standard InChI is InChI=1S/C26H31N3O7S/c1-7-36-25(31)22-15(2)27-26(37-14-21(30)28-17-10-8-9-11-18(17)32-3)29-23(22)16-12-19(33-4)24(35-6)20(13-16)34-5/h8-13,23H,7,14H2,1-6H3,(H,27,29)(H,28,30)/t23-/m0/s1. The lowest BCUT2D eigenvalue weighted by molar-refractivity contribution is -0.139. The van der Waals surface area contributed by atoms with Gasteiger partial charge in [-0.3, -0.25) is 4.79 Å². The molecule has 1 heterocycles. The molecule has 0 aliphatic carbocycles. The van der Waals surface area contributed by atoms with Crippen LogP contribution < -0.4 is 29.6 Å². The third-order valence-electron chi connectivity index (χ3n) is 5.44. The van der Waals surface area contributed by atoms with Gasteiger partial charge in [-0.05, 0) is 43.7 Å². The highest BCUT2D eigenvalue weighted by Crippen LogP contribution is 2.43. The molecule has 0 aromatic heterocycles. The second-order valence-corrected chi connectivity index (χ2v) is 8.68. The Kier molecular flexibility index (Phi) is 9.67. The van der Waals surface area contributed by atoms with E-state index in [2.05, 4.69) is 10.6 Å². The summed E-state index contributed by atoms with van der Waals surface area (Å²) in [6.07, 6.45) is 0. The molecule has 0 saturated carbocycles. The molecule has 1 atom stereocenters. The number of ether oxygens (including phenoxy) is 5. The third-order valence-corrected chi connectivity index (χ3v) is 6.32. The number of methoxy groups -OCH3 is 4. The first-order valence-corrected chi connectivity index (χ1v) is 12.4. The maximum atomic E-state index is 12.9. The SMILES string of the molecule is CCOC(=O)C1=C(C)NC(SCC(=O)Nc2ccccc2OC)=N[C@H]1c1cc(OC)c(OC)c(OC)c1. The van der Waals surface area contributed by atoms with E-state index in [9.17, 15) is 9.59 Å². The van der Waals surface area contributed by atoms with Gasteiger partial charge in [0.2, 0.25) is 11.7 Å². The Balaban J connectivity index is 1.91. The fraction of sp³-hybridized carbons (Fsp3) is 0.346. The number of anilines is 1. The van der Waals surface area contributed by atoms with Crippen LogP contribution in [0.2, 0.25) is 0 Å². The van der Waals surface area contributed by atoms with Gasteiger partial charge in [0, 0.05) is 5.70 Å². The second kappa shape index (κ2) is 12.9. The lowest BCUT2D eigenvalue weighted by atomic mass is 9.96. The number of aliphatic imine (C=N–C) groups is 1. The van der Waals surface area contributed by atoms with Crippen LogP contribution >= 0.6 is 11.8 Å². The van der Waals surface area contributed by atoms with Crippen LogP contribution in [0.3, 0.4) is 0 Å². The van der Waals surface area contributed by atoms with Crippen LogP contribution in [-0.4, -0.2) is 57.8 Å². The summed E-state index contributed by atoms with van der Waals surface area (Å²) in [5.74, 6) is 1.19. The van der Waals surface area contributed by atoms with Crippen molar-refractivity contribution in [1.29, 1.82) is 0 Å². The van der Waals surface area contributed by atoms with E-state index in [1.807, 2.05) is 12.1 Å². The minimum atomic E-state index is -0.728. The molecule has 0 radical (unpaired) electrons. The highest BCUT2D eigenvalue weighted by molar-refractivity contribution is 8.14. The highest BCUT2D eigenvalue weighted by atomic mass is 32.2. The zero-order valence-corrected chi connectivity index (χ0v) is 22.5. The van der Waals surface area contributed by atoms with Gasteiger partial charge in [0.25, 0.3) is 0 Å². The number of allylic oxidation sites excluding steroid dienone is 1. The lowest BCUT2D eigenvalue weighted by Gasteiger charge is -2.26. The molecule has 2 aromatic carbocycles. The summed E-state index contributed by atoms with van der Waals surface area (Å²) in [4.78, 5) is 30.3. The molecule has 37 heavy (non-hydrogen) atoms. The maximum Gasteiger partial charge on any atom is 0.338 e. The van der Waals surface area contributed by atoms with Gasteiger partial charge in [-0.1, -0.05) is 23.9 Å². The number of amidine groups is 1. The molecule has 0 unspecified atom stereocenters. The van der Waals surface area contributed by atoms with Gasteiger partial charge in [0.1, 0.15) is 11.8 Å². The Hall–Kier alpha value is -3.86. The zero-order valence-electron chi connectivity index (χ0n) is 21.7. The topological polar surface area (TPSA) is 117 Å². The van der Waals surface area contributed by atoms with Gasteiger partial charge in [-0.15, -0.1) is 0 Å². The van der Waals surface area contributed by atoms with Crippen LogP contribution in [0.25, 0.3) is 0 Å². The van der Waals surface area contributed by atoms with Crippen molar-refractivity contribution >= 4 is 34.5 Å². The van der Waals surface area contributed by atoms with Crippen molar-refractivity contribution in [3.8, 4) is 23.0 Å². The second-order valence-electron chi connectivity index (χ2n) is 7.72. The van der Waals surface area contributed by atoms with Crippen LogP contribution in [0, 0.1) is 0 Å². The van der Waals surface area contributed by atoms with E-state index in [0.717, 1.165) is 0 Å². The number of esters is 1. The van der Waals surface area contributed by atoms with E-state index in [4.69, 9.17) is 28.7 Å². The number of carbonyl (C=O) groups excluding carboxylic acids is 2. The van der Waals surface area contributed by atoms with Crippen molar-refractivity contribution in [3.05, 3.63) is 53.2 Å². The summed E-state index contributed by atoms with van der Waals surface area (Å²) in [5, 5.41) is 6.44. The van der Waals surface area contributed by atoms with Crippen molar-refractivity contribution in [3.63, 3.8) is 0 Å². The number of benzene rings is 2. The maximum absolute atomic E-state index is 12.9. The van der Waals surface area contributed by atoms with Crippen molar-refractivity contribution in [2.24, 2.45) is 4.99 Å². The number of para-hydroxylation sites is 2. The van der Waals surface area contributed by atoms with E-state index in [1.165, 1.54) is 33.1 Å². The van der Waals surface area contributed by atoms with Crippen LogP contribution in [-0.2, 0) is 14.3 Å². The van der Waals surface area contributed by atoms with Crippen molar-refractivity contribution < 1.29 is 33.3 Å². The van der Waals surface area contributed by atoms with Gasteiger partial charge >= 0.3 is 5.97 Å². The summed E-state index contributed by atoms with van der Waals surface area (Å²) in [7, 11) is 6.09. The lowest BCUT2D eigenvalue weighted by Crippen LogP contribution is -2.31. The number of carbonyl (C=O) groups is 2. The molecule has 0 fully saturated rings. The molecule has 1 amide bonds. The summed E-state index contributed by atoms with van der Waals surface area (Å²) in [6, 6.07) is 9.91. The molecule has 2 aromatic rings. The summed E-state index contributed by atoms with van der Waals surface area (Å²) in [6.45, 7) is 3.72. The first-order valence-electron chi connectivity index (χ1n) is 11.4. The average molecular weight is 530 g/mol. The summed E-state index contributed by atoms with van der Waals surface area (Å²) < 4.78 is 27.0. The molecule has 0 spiro atoms. The normalized spacial score (nSPS) is 14.8. The Labute approximate surface area is 220 Å². The van der Waals surface area contributed by atoms with E-state index in [-0.39, 0.29) is 18.3 Å². The molecule has 11 heteroatoms. The number of amides is 1.